The van der Waals surface area contributed by atoms with Crippen LogP contribution in [-0.4, -0.2) is 197 Å². The van der Waals surface area contributed by atoms with Gasteiger partial charge in [-0.1, -0.05) is 61.6 Å². The summed E-state index contributed by atoms with van der Waals surface area (Å²) in [6.07, 6.45) is -0.178. The largest absolute Gasteiger partial charge is 0.597 e. The number of carbonyl (C=O) groups is 9. The summed E-state index contributed by atoms with van der Waals surface area (Å²) in [4.78, 5) is 114. The number of carbonyl (C=O) groups excluding carboxylic acids is 7. The van der Waals surface area contributed by atoms with Gasteiger partial charge >= 0.3 is 11.9 Å². The number of aliphatic hydroxyl groups excluding tert-OH is 5. The first-order chi connectivity index (χ1) is 32.6. The monoisotopic (exact) mass is 997 g/mol. The van der Waals surface area contributed by atoms with Gasteiger partial charge in [-0.3, -0.25) is 33.6 Å². The molecule has 0 fully saturated rings. The summed E-state index contributed by atoms with van der Waals surface area (Å²) in [6.45, 7) is -1.30. The Hall–Kier alpha value is -6.57. The van der Waals surface area contributed by atoms with Gasteiger partial charge in [0.15, 0.2) is 29.7 Å². The number of rotatable bonds is 37. The number of hydrogen-bond donors (Lipinski definition) is 16. The average Bonchev–Trinajstić information content (AvgIpc) is 3.30. The van der Waals surface area contributed by atoms with E-state index < -0.39 is 147 Å². The SMILES string of the molecule is CCCCCCCCC[C@@H](O)CC(=O)NCC(=O)N[C@@H](C(=O)N[C@@H](CO)C(=O)N[C@@H](C(=O)N[C@H](CCC/[N+]([O-])=N/O)C(=O)N[C@@H](CO)C(=O)N[C@H](CCC/[N+]([O-])=N/O)C(=O)O)[C@@H](C)O)[C@@H](O)C(=O)O. The fourth-order valence-electron chi connectivity index (χ4n) is 6.15. The second-order valence-corrected chi connectivity index (χ2v) is 15.7. The van der Waals surface area contributed by atoms with Crippen molar-refractivity contribution in [2.45, 2.75) is 152 Å². The first kappa shape index (κ1) is 62.4. The maximum Gasteiger partial charge on any atom is 0.335 e. The normalized spacial score (nSPS) is 15.6. The number of amides is 7. The minimum Gasteiger partial charge on any atom is -0.597 e. The van der Waals surface area contributed by atoms with E-state index in [0.717, 1.165) is 45.4 Å². The lowest BCUT2D eigenvalue weighted by atomic mass is 10.0. The van der Waals surface area contributed by atoms with Gasteiger partial charge in [0.1, 0.15) is 36.3 Å². The molecule has 0 heterocycles. The third-order valence-corrected chi connectivity index (χ3v) is 10.0. The summed E-state index contributed by atoms with van der Waals surface area (Å²) in [7, 11) is 0. The molecule has 7 amide bonds. The Balaban J connectivity index is 5.94. The van der Waals surface area contributed by atoms with Gasteiger partial charge in [0.2, 0.25) is 41.4 Å². The lowest BCUT2D eigenvalue weighted by Crippen LogP contribution is -2.63. The summed E-state index contributed by atoms with van der Waals surface area (Å²) < 4.78 is 0. The van der Waals surface area contributed by atoms with E-state index in [1.54, 1.807) is 0 Å². The molecule has 0 saturated carbocycles. The molecule has 0 aliphatic heterocycles. The standard InChI is InChI=1S/C38H67N11O20/c1-3-4-5-6-7-8-9-12-22(53)17-27(54)39-18-28(55)44-30(31(56)38(64)65)36(61)43-26(20-51)34(59)45-29(21(2)52)35(60)40-23(13-10-15-48(68)46-66)32(57)42-25(19-50)33(58)41-24(37(62)63)14-11-16-49(69)47-67/h21-26,29-31,50-53,56,66-67H,3-20H2,1-2H3,(H,39,54)(H,40,60)(H,41,58)(H,42,57)(H,43,61)(H,44,55)(H,45,59)(H,62,63)(H,64,65)/b48-46-,49-47-/t21-,22-,23-,24-,25+,26+,29-,30-,31-/m1/s1. The van der Waals surface area contributed by atoms with E-state index in [9.17, 15) is 89.3 Å². The third kappa shape index (κ3) is 26.0. The molecule has 0 rings (SSSR count). The summed E-state index contributed by atoms with van der Waals surface area (Å²) in [6, 6.07) is -11.9. The van der Waals surface area contributed by atoms with Gasteiger partial charge in [-0.05, 0) is 26.2 Å². The highest BCUT2D eigenvalue weighted by Crippen LogP contribution is 2.11. The quantitative estimate of drug-likeness (QED) is 0.0120. The molecule has 0 aliphatic carbocycles. The maximum atomic E-state index is 13.5. The predicted molar refractivity (Wildman–Crippen MR) is 229 cm³/mol. The zero-order valence-corrected chi connectivity index (χ0v) is 38.2. The molecule has 0 aliphatic rings. The Kier molecular flexibility index (Phi) is 31.4. The molecule has 0 unspecified atom stereocenters. The molecule has 0 aromatic heterocycles. The van der Waals surface area contributed by atoms with Crippen LogP contribution in [0.25, 0.3) is 0 Å². The average molecular weight is 998 g/mol. The number of nitrogens with one attached hydrogen (secondary N) is 7. The number of aliphatic hydroxyl groups is 5. The van der Waals surface area contributed by atoms with Crippen molar-refractivity contribution in [3.63, 3.8) is 0 Å². The molecular weight excluding hydrogens is 930 g/mol. The van der Waals surface area contributed by atoms with E-state index in [1.807, 2.05) is 21.3 Å². The van der Waals surface area contributed by atoms with Crippen LogP contribution < -0.4 is 37.2 Å². The van der Waals surface area contributed by atoms with Gasteiger partial charge in [0, 0.05) is 12.8 Å². The van der Waals surface area contributed by atoms with Crippen LogP contribution in [0.2, 0.25) is 0 Å². The van der Waals surface area contributed by atoms with Gasteiger partial charge < -0.3 is 93.8 Å². The lowest BCUT2D eigenvalue weighted by molar-refractivity contribution is -0.556. The van der Waals surface area contributed by atoms with E-state index in [1.165, 1.54) is 0 Å². The smallest absolute Gasteiger partial charge is 0.335 e. The van der Waals surface area contributed by atoms with Crippen molar-refractivity contribution in [2.75, 3.05) is 32.8 Å². The van der Waals surface area contributed by atoms with Crippen molar-refractivity contribution in [2.24, 2.45) is 10.6 Å². The predicted octanol–water partition coefficient (Wildman–Crippen LogP) is -4.94. The summed E-state index contributed by atoms with van der Waals surface area (Å²) >= 11 is 0. The van der Waals surface area contributed by atoms with Crippen molar-refractivity contribution < 1.29 is 99.0 Å². The molecule has 9 atom stereocenters. The molecular formula is C38H67N11O20. The van der Waals surface area contributed by atoms with E-state index in [2.05, 4.69) is 33.4 Å². The Labute approximate surface area is 394 Å². The molecule has 0 bridgehead atoms. The Morgan fingerprint density at radius 2 is 0.986 bits per heavy atom. The topological polar surface area (TPSA) is 497 Å². The fourth-order valence-corrected chi connectivity index (χ4v) is 6.15. The van der Waals surface area contributed by atoms with Gasteiger partial charge in [-0.25, -0.2) is 9.59 Å². The number of carboxylic acid groups (broad SMARTS) is 2. The number of hydrogen-bond acceptors (Lipinski definition) is 18. The number of nitrogens with zero attached hydrogens (tertiary/aromatic N) is 4. The van der Waals surface area contributed by atoms with Gasteiger partial charge in [-0.2, -0.15) is 0 Å². The van der Waals surface area contributed by atoms with Crippen LogP contribution in [0.4, 0.5) is 0 Å². The first-order valence-electron chi connectivity index (χ1n) is 22.0. The highest BCUT2D eigenvalue weighted by molar-refractivity contribution is 5.98. The third-order valence-electron chi connectivity index (χ3n) is 10.0. The fraction of sp³-hybridized carbons (Fsp3) is 0.763. The Morgan fingerprint density at radius 1 is 0.536 bits per heavy atom. The second-order valence-electron chi connectivity index (χ2n) is 15.7. The van der Waals surface area contributed by atoms with Crippen LogP contribution in [0.15, 0.2) is 10.6 Å². The van der Waals surface area contributed by atoms with Crippen LogP contribution in [0, 0.1) is 10.4 Å². The van der Waals surface area contributed by atoms with Crippen LogP contribution >= 0.6 is 0 Å². The van der Waals surface area contributed by atoms with Crippen LogP contribution in [0.3, 0.4) is 0 Å². The lowest BCUT2D eigenvalue weighted by Gasteiger charge is -2.28. The number of unbranched alkanes of at least 4 members (excludes halogenated alkanes) is 6. The second kappa shape index (κ2) is 34.7. The molecule has 31 heteroatoms. The minimum absolute atomic E-state index is 0.168. The van der Waals surface area contributed by atoms with Gasteiger partial charge in [-0.15, -0.1) is 0 Å². The highest BCUT2D eigenvalue weighted by atomic mass is 16.6. The number of aliphatic carboxylic acids is 2. The summed E-state index contributed by atoms with van der Waals surface area (Å²) in [5, 5.41) is 128. The van der Waals surface area contributed by atoms with Crippen molar-refractivity contribution in [3.05, 3.63) is 10.4 Å². The number of carboxylic acids is 2. The molecule has 394 valence electrons. The minimum atomic E-state index is -2.67. The van der Waals surface area contributed by atoms with E-state index in [0.29, 0.717) is 12.8 Å². The molecule has 0 aromatic carbocycles. The van der Waals surface area contributed by atoms with Crippen molar-refractivity contribution in [1.29, 1.82) is 0 Å². The highest BCUT2D eigenvalue weighted by Gasteiger charge is 2.38. The van der Waals surface area contributed by atoms with Crippen molar-refractivity contribution >= 4 is 53.3 Å². The van der Waals surface area contributed by atoms with E-state index >= 15 is 0 Å². The molecule has 16 N–H and O–H groups in total. The molecule has 0 radical (unpaired) electrons. The van der Waals surface area contributed by atoms with Crippen LogP contribution in [-0.2, 0) is 43.2 Å². The zero-order chi connectivity index (χ0) is 52.6. The van der Waals surface area contributed by atoms with E-state index in [-0.39, 0.29) is 35.4 Å². The van der Waals surface area contributed by atoms with Crippen LogP contribution in [0.5, 0.6) is 0 Å². The molecule has 31 nitrogen and oxygen atoms in total. The zero-order valence-electron chi connectivity index (χ0n) is 38.2. The van der Waals surface area contributed by atoms with Gasteiger partial charge in [0.05, 0.1) is 38.4 Å². The van der Waals surface area contributed by atoms with Crippen molar-refractivity contribution in [1.82, 2.24) is 37.2 Å². The molecule has 0 aromatic rings. The maximum absolute atomic E-state index is 13.5. The molecule has 0 spiro atoms. The summed E-state index contributed by atoms with van der Waals surface area (Å²) in [5.74, 6) is -12.5. The Bertz CT molecular complexity index is 1740. The summed E-state index contributed by atoms with van der Waals surface area (Å²) in [5.41, 5.74) is 0. The molecule has 69 heavy (non-hydrogen) atoms. The van der Waals surface area contributed by atoms with Crippen molar-refractivity contribution in [3.8, 4) is 0 Å². The van der Waals surface area contributed by atoms with E-state index in [4.69, 9.17) is 10.4 Å². The van der Waals surface area contributed by atoms with Gasteiger partial charge in [0.25, 0.3) is 0 Å². The number of hydroxylamine groups is 2. The Morgan fingerprint density at radius 3 is 1.48 bits per heavy atom. The molecule has 0 saturated heterocycles. The first-order valence-corrected chi connectivity index (χ1v) is 22.0. The van der Waals surface area contributed by atoms with Crippen LogP contribution in [0.1, 0.15) is 97.3 Å².